The predicted molar refractivity (Wildman–Crippen MR) is 67.8 cm³/mol. The van der Waals surface area contributed by atoms with E-state index in [1.54, 1.807) is 0 Å². The number of hydrogen-bond donors (Lipinski definition) is 1. The van der Waals surface area contributed by atoms with Gasteiger partial charge in [-0.1, -0.05) is 25.8 Å². The van der Waals surface area contributed by atoms with Crippen molar-refractivity contribution in [2.45, 2.75) is 38.5 Å². The summed E-state index contributed by atoms with van der Waals surface area (Å²) in [7, 11) is 0. The molecule has 0 fully saturated rings. The highest BCUT2D eigenvalue weighted by Crippen LogP contribution is 2.16. The van der Waals surface area contributed by atoms with Crippen LogP contribution in [0.15, 0.2) is 18.3 Å². The van der Waals surface area contributed by atoms with Gasteiger partial charge in [0.15, 0.2) is 0 Å². The number of thioether (sulfide) groups is 1. The van der Waals surface area contributed by atoms with Crippen LogP contribution in [0.25, 0.3) is 0 Å². The van der Waals surface area contributed by atoms with E-state index in [0.717, 1.165) is 11.4 Å². The molecule has 84 valence electrons. The van der Waals surface area contributed by atoms with Gasteiger partial charge in [0.1, 0.15) is 0 Å². The molecule has 15 heavy (non-hydrogen) atoms. The lowest BCUT2D eigenvalue weighted by molar-refractivity contribution is 0.778. The normalized spacial score (nSPS) is 10.5. The van der Waals surface area contributed by atoms with Gasteiger partial charge in [-0.05, 0) is 23.8 Å². The maximum atomic E-state index is 5.63. The Morgan fingerprint density at radius 1 is 1.40 bits per heavy atom. The van der Waals surface area contributed by atoms with Crippen molar-refractivity contribution in [2.75, 3.05) is 5.75 Å². The van der Waals surface area contributed by atoms with Crippen LogP contribution in [0.4, 0.5) is 0 Å². The SMILES string of the molecule is CCCCCSCc1cccnc1CN. The summed E-state index contributed by atoms with van der Waals surface area (Å²) in [4.78, 5) is 4.27. The van der Waals surface area contributed by atoms with E-state index in [-0.39, 0.29) is 0 Å². The monoisotopic (exact) mass is 224 g/mol. The summed E-state index contributed by atoms with van der Waals surface area (Å²) < 4.78 is 0. The van der Waals surface area contributed by atoms with Crippen LogP contribution in [-0.4, -0.2) is 10.7 Å². The molecule has 0 radical (unpaired) electrons. The molecule has 3 heteroatoms. The molecule has 0 unspecified atom stereocenters. The summed E-state index contributed by atoms with van der Waals surface area (Å²) >= 11 is 1.98. The number of rotatable bonds is 7. The lowest BCUT2D eigenvalue weighted by Crippen LogP contribution is -2.03. The molecule has 1 rings (SSSR count). The van der Waals surface area contributed by atoms with Crippen molar-refractivity contribution in [2.24, 2.45) is 5.73 Å². The Labute approximate surface area is 96.7 Å². The molecule has 0 aromatic carbocycles. The summed E-state index contributed by atoms with van der Waals surface area (Å²) in [6.45, 7) is 2.78. The zero-order valence-corrected chi connectivity index (χ0v) is 10.2. The second-order valence-electron chi connectivity index (χ2n) is 3.57. The zero-order valence-electron chi connectivity index (χ0n) is 9.41. The van der Waals surface area contributed by atoms with Crippen LogP contribution < -0.4 is 5.73 Å². The van der Waals surface area contributed by atoms with E-state index in [9.17, 15) is 0 Å². The van der Waals surface area contributed by atoms with Gasteiger partial charge in [0.25, 0.3) is 0 Å². The molecule has 0 amide bonds. The Kier molecular flexibility index (Phi) is 6.44. The number of hydrogen-bond acceptors (Lipinski definition) is 3. The van der Waals surface area contributed by atoms with Crippen LogP contribution in [0.1, 0.15) is 37.4 Å². The van der Waals surface area contributed by atoms with Gasteiger partial charge in [-0.25, -0.2) is 0 Å². The topological polar surface area (TPSA) is 38.9 Å². The minimum atomic E-state index is 0.547. The largest absolute Gasteiger partial charge is 0.325 e. The van der Waals surface area contributed by atoms with E-state index in [1.807, 2.05) is 24.0 Å². The van der Waals surface area contributed by atoms with Gasteiger partial charge in [-0.3, -0.25) is 4.98 Å². The van der Waals surface area contributed by atoms with Crippen molar-refractivity contribution in [3.05, 3.63) is 29.6 Å². The van der Waals surface area contributed by atoms with Crippen LogP contribution in [0.2, 0.25) is 0 Å². The van der Waals surface area contributed by atoms with Crippen molar-refractivity contribution in [1.82, 2.24) is 4.98 Å². The fraction of sp³-hybridized carbons (Fsp3) is 0.583. The van der Waals surface area contributed by atoms with Crippen molar-refractivity contribution >= 4 is 11.8 Å². The van der Waals surface area contributed by atoms with Crippen LogP contribution >= 0.6 is 11.8 Å². The molecule has 0 spiro atoms. The Hall–Kier alpha value is -0.540. The third-order valence-corrected chi connectivity index (χ3v) is 3.42. The second kappa shape index (κ2) is 7.71. The predicted octanol–water partition coefficient (Wildman–Crippen LogP) is 2.96. The maximum absolute atomic E-state index is 5.63. The number of pyridine rings is 1. The highest BCUT2D eigenvalue weighted by Gasteiger charge is 2.00. The molecular formula is C12H20N2S. The highest BCUT2D eigenvalue weighted by atomic mass is 32.2. The average molecular weight is 224 g/mol. The van der Waals surface area contributed by atoms with Gasteiger partial charge in [0.05, 0.1) is 5.69 Å². The van der Waals surface area contributed by atoms with E-state index in [2.05, 4.69) is 18.0 Å². The van der Waals surface area contributed by atoms with Gasteiger partial charge >= 0.3 is 0 Å². The number of nitrogens with two attached hydrogens (primary N) is 1. The molecule has 0 aliphatic rings. The quantitative estimate of drug-likeness (QED) is 0.724. The summed E-state index contributed by atoms with van der Waals surface area (Å²) in [5, 5.41) is 0. The molecule has 0 atom stereocenters. The standard InChI is InChI=1S/C12H20N2S/c1-2-3-4-8-15-10-11-6-5-7-14-12(11)9-13/h5-7H,2-4,8-10,13H2,1H3. The summed E-state index contributed by atoms with van der Waals surface area (Å²) in [6.07, 6.45) is 5.76. The fourth-order valence-corrected chi connectivity index (χ4v) is 2.46. The number of aromatic nitrogens is 1. The van der Waals surface area contributed by atoms with Gasteiger partial charge < -0.3 is 5.73 Å². The first-order valence-corrected chi connectivity index (χ1v) is 6.74. The zero-order chi connectivity index (χ0) is 10.9. The smallest absolute Gasteiger partial charge is 0.0579 e. The minimum absolute atomic E-state index is 0.547. The third-order valence-electron chi connectivity index (χ3n) is 2.33. The van der Waals surface area contributed by atoms with E-state index in [0.29, 0.717) is 6.54 Å². The Morgan fingerprint density at radius 2 is 2.27 bits per heavy atom. The highest BCUT2D eigenvalue weighted by molar-refractivity contribution is 7.98. The summed E-state index contributed by atoms with van der Waals surface area (Å²) in [5.74, 6) is 2.29. The van der Waals surface area contributed by atoms with Crippen LogP contribution in [0.3, 0.4) is 0 Å². The van der Waals surface area contributed by atoms with E-state index >= 15 is 0 Å². The molecule has 2 N–H and O–H groups in total. The van der Waals surface area contributed by atoms with Crippen molar-refractivity contribution < 1.29 is 0 Å². The van der Waals surface area contributed by atoms with Crippen molar-refractivity contribution in [3.8, 4) is 0 Å². The van der Waals surface area contributed by atoms with Crippen molar-refractivity contribution in [3.63, 3.8) is 0 Å². The molecule has 0 aliphatic heterocycles. The van der Waals surface area contributed by atoms with E-state index in [1.165, 1.54) is 30.6 Å². The Morgan fingerprint density at radius 3 is 3.00 bits per heavy atom. The fourth-order valence-electron chi connectivity index (χ4n) is 1.42. The lowest BCUT2D eigenvalue weighted by atomic mass is 10.2. The minimum Gasteiger partial charge on any atom is -0.325 e. The summed E-state index contributed by atoms with van der Waals surface area (Å²) in [6, 6.07) is 4.11. The van der Waals surface area contributed by atoms with Crippen LogP contribution in [0.5, 0.6) is 0 Å². The Bertz CT molecular complexity index is 276. The van der Waals surface area contributed by atoms with Crippen LogP contribution in [-0.2, 0) is 12.3 Å². The lowest BCUT2D eigenvalue weighted by Gasteiger charge is -2.05. The first-order valence-electron chi connectivity index (χ1n) is 5.59. The average Bonchev–Trinajstić information content (AvgIpc) is 2.29. The first kappa shape index (κ1) is 12.5. The van der Waals surface area contributed by atoms with E-state index in [4.69, 9.17) is 5.73 Å². The molecule has 1 aromatic heterocycles. The van der Waals surface area contributed by atoms with Crippen LogP contribution in [0, 0.1) is 0 Å². The molecular weight excluding hydrogens is 204 g/mol. The first-order chi connectivity index (χ1) is 7.38. The number of nitrogens with zero attached hydrogens (tertiary/aromatic N) is 1. The van der Waals surface area contributed by atoms with E-state index < -0.39 is 0 Å². The van der Waals surface area contributed by atoms with Gasteiger partial charge in [-0.2, -0.15) is 11.8 Å². The second-order valence-corrected chi connectivity index (χ2v) is 4.68. The molecule has 2 nitrogen and oxygen atoms in total. The van der Waals surface area contributed by atoms with Crippen molar-refractivity contribution in [1.29, 1.82) is 0 Å². The van der Waals surface area contributed by atoms with Gasteiger partial charge in [-0.15, -0.1) is 0 Å². The molecule has 1 aromatic rings. The summed E-state index contributed by atoms with van der Waals surface area (Å²) in [5.41, 5.74) is 7.97. The van der Waals surface area contributed by atoms with Gasteiger partial charge in [0, 0.05) is 18.5 Å². The molecule has 0 saturated carbocycles. The molecule has 1 heterocycles. The molecule has 0 aliphatic carbocycles. The maximum Gasteiger partial charge on any atom is 0.0579 e. The number of unbranched alkanes of at least 4 members (excludes halogenated alkanes) is 2. The molecule has 0 bridgehead atoms. The van der Waals surface area contributed by atoms with Gasteiger partial charge in [0.2, 0.25) is 0 Å². The molecule has 0 saturated heterocycles. The Balaban J connectivity index is 2.30. The third kappa shape index (κ3) is 4.67.